The van der Waals surface area contributed by atoms with Crippen molar-refractivity contribution in [2.75, 3.05) is 42.8 Å². The fourth-order valence-electron chi connectivity index (χ4n) is 3.87. The maximum atomic E-state index is 14.5. The maximum Gasteiger partial charge on any atom is 0.245 e. The Morgan fingerprint density at radius 1 is 1.06 bits per heavy atom. The molecule has 10 heteroatoms. The van der Waals surface area contributed by atoms with E-state index in [1.165, 1.54) is 12.1 Å². The lowest BCUT2D eigenvalue weighted by atomic mass is 10.1. The smallest absolute Gasteiger partial charge is 0.245 e. The van der Waals surface area contributed by atoms with Gasteiger partial charge in [0.2, 0.25) is 5.95 Å². The molecule has 1 aliphatic heterocycles. The summed E-state index contributed by atoms with van der Waals surface area (Å²) < 4.78 is 45.0. The first-order chi connectivity index (χ1) is 15.9. The van der Waals surface area contributed by atoms with Crippen molar-refractivity contribution < 1.29 is 17.5 Å². The standard InChI is InChI=1S/C23H22FN5O3S/c1-33(30,31)22-8-5-16(13-20(22)24)21-7-6-19-15-25-23(27-29(19)21)26-17-3-2-4-18(14-17)28-9-11-32-12-10-28/h2-8,13-15H,9-12H2,1H3,(H,26,27). The average Bonchev–Trinajstić information content (AvgIpc) is 3.22. The number of nitrogens with zero attached hydrogens (tertiary/aromatic N) is 4. The molecule has 0 amide bonds. The number of fused-ring (bicyclic) bond motifs is 1. The van der Waals surface area contributed by atoms with Crippen molar-refractivity contribution >= 4 is 32.7 Å². The molecule has 1 saturated heterocycles. The molecule has 4 aromatic rings. The molecule has 3 heterocycles. The van der Waals surface area contributed by atoms with Gasteiger partial charge in [0.1, 0.15) is 10.7 Å². The van der Waals surface area contributed by atoms with Crippen LogP contribution in [0.2, 0.25) is 0 Å². The minimum absolute atomic E-state index is 0.329. The third-order valence-corrected chi connectivity index (χ3v) is 6.63. The topological polar surface area (TPSA) is 88.8 Å². The first kappa shape index (κ1) is 21.4. The number of ether oxygens (including phenoxy) is 1. The molecule has 1 aliphatic rings. The van der Waals surface area contributed by atoms with Crippen LogP contribution in [0.4, 0.5) is 21.7 Å². The fraction of sp³-hybridized carbons (Fsp3) is 0.217. The quantitative estimate of drug-likeness (QED) is 0.480. The summed E-state index contributed by atoms with van der Waals surface area (Å²) in [5.41, 5.74) is 3.80. The minimum atomic E-state index is -3.64. The highest BCUT2D eigenvalue weighted by molar-refractivity contribution is 7.90. The molecular weight excluding hydrogens is 445 g/mol. The van der Waals surface area contributed by atoms with Gasteiger partial charge in [-0.25, -0.2) is 22.3 Å². The van der Waals surface area contributed by atoms with Gasteiger partial charge < -0.3 is 15.0 Å². The third-order valence-electron chi connectivity index (χ3n) is 5.50. The highest BCUT2D eigenvalue weighted by atomic mass is 32.2. The van der Waals surface area contributed by atoms with Crippen LogP contribution in [-0.4, -0.2) is 55.6 Å². The number of anilines is 3. The van der Waals surface area contributed by atoms with Crippen LogP contribution < -0.4 is 10.2 Å². The largest absolute Gasteiger partial charge is 0.378 e. The summed E-state index contributed by atoms with van der Waals surface area (Å²) >= 11 is 0. The molecule has 8 nitrogen and oxygen atoms in total. The van der Waals surface area contributed by atoms with Crippen molar-refractivity contribution in [3.63, 3.8) is 0 Å². The second-order valence-corrected chi connectivity index (χ2v) is 9.81. The molecule has 0 bridgehead atoms. The van der Waals surface area contributed by atoms with E-state index in [1.807, 2.05) is 24.3 Å². The Hall–Kier alpha value is -3.50. The predicted molar refractivity (Wildman–Crippen MR) is 124 cm³/mol. The molecule has 33 heavy (non-hydrogen) atoms. The summed E-state index contributed by atoms with van der Waals surface area (Å²) in [6, 6.07) is 15.7. The van der Waals surface area contributed by atoms with Gasteiger partial charge in [-0.1, -0.05) is 12.1 Å². The summed E-state index contributed by atoms with van der Waals surface area (Å²) in [6.45, 7) is 3.10. The van der Waals surface area contributed by atoms with E-state index in [0.29, 0.717) is 30.4 Å². The van der Waals surface area contributed by atoms with Crippen LogP contribution in [0.1, 0.15) is 0 Å². The van der Waals surface area contributed by atoms with Gasteiger partial charge in [0, 0.05) is 36.3 Å². The van der Waals surface area contributed by atoms with E-state index in [1.54, 1.807) is 22.8 Å². The number of sulfone groups is 1. The van der Waals surface area contributed by atoms with Gasteiger partial charge in [-0.05, 0) is 42.5 Å². The molecule has 0 radical (unpaired) electrons. The molecule has 0 aliphatic carbocycles. The number of nitrogens with one attached hydrogen (secondary N) is 1. The zero-order valence-electron chi connectivity index (χ0n) is 17.9. The van der Waals surface area contributed by atoms with Crippen molar-refractivity contribution in [1.29, 1.82) is 0 Å². The van der Waals surface area contributed by atoms with E-state index in [-0.39, 0.29) is 4.90 Å². The number of hydrogen-bond acceptors (Lipinski definition) is 7. The van der Waals surface area contributed by atoms with E-state index in [9.17, 15) is 12.8 Å². The molecule has 2 aromatic carbocycles. The lowest BCUT2D eigenvalue weighted by Gasteiger charge is -2.29. The van der Waals surface area contributed by atoms with Gasteiger partial charge >= 0.3 is 0 Å². The summed E-state index contributed by atoms with van der Waals surface area (Å²) in [5, 5.41) is 7.80. The van der Waals surface area contributed by atoms with E-state index < -0.39 is 15.7 Å². The monoisotopic (exact) mass is 467 g/mol. The van der Waals surface area contributed by atoms with E-state index in [2.05, 4.69) is 26.4 Å². The molecule has 1 fully saturated rings. The maximum absolute atomic E-state index is 14.5. The third kappa shape index (κ3) is 4.39. The molecule has 1 N–H and O–H groups in total. The number of benzene rings is 2. The molecule has 170 valence electrons. The SMILES string of the molecule is CS(=O)(=O)c1ccc(-c2ccc3cnc(Nc4cccc(N5CCOCC5)c4)nn23)cc1F. The second-order valence-electron chi connectivity index (χ2n) is 7.83. The number of rotatable bonds is 5. The van der Waals surface area contributed by atoms with Crippen LogP contribution in [0.3, 0.4) is 0 Å². The number of morpholine rings is 1. The zero-order chi connectivity index (χ0) is 23.0. The Bertz CT molecular complexity index is 1430. The number of aromatic nitrogens is 3. The van der Waals surface area contributed by atoms with Crippen molar-refractivity contribution in [2.24, 2.45) is 0 Å². The van der Waals surface area contributed by atoms with Gasteiger partial charge in [-0.2, -0.15) is 0 Å². The summed E-state index contributed by atoms with van der Waals surface area (Å²) in [6.07, 6.45) is 2.66. The summed E-state index contributed by atoms with van der Waals surface area (Å²) in [4.78, 5) is 6.32. The summed E-state index contributed by atoms with van der Waals surface area (Å²) in [7, 11) is -3.64. The fourth-order valence-corrected chi connectivity index (χ4v) is 4.60. The average molecular weight is 468 g/mol. The van der Waals surface area contributed by atoms with Crippen LogP contribution in [0.25, 0.3) is 16.8 Å². The van der Waals surface area contributed by atoms with Crippen LogP contribution in [0, 0.1) is 5.82 Å². The van der Waals surface area contributed by atoms with E-state index in [0.717, 1.165) is 36.2 Å². The predicted octanol–water partition coefficient (Wildman–Crippen LogP) is 3.52. The first-order valence-electron chi connectivity index (χ1n) is 10.4. The van der Waals surface area contributed by atoms with Gasteiger partial charge in [0.25, 0.3) is 0 Å². The van der Waals surface area contributed by atoms with Crippen LogP contribution in [0.5, 0.6) is 0 Å². The molecule has 2 aromatic heterocycles. The molecule has 0 atom stereocenters. The van der Waals surface area contributed by atoms with Crippen molar-refractivity contribution in [3.05, 3.63) is 66.6 Å². The lowest BCUT2D eigenvalue weighted by molar-refractivity contribution is 0.122. The Labute approximate surface area is 190 Å². The van der Waals surface area contributed by atoms with Crippen molar-refractivity contribution in [2.45, 2.75) is 4.90 Å². The number of hydrogen-bond donors (Lipinski definition) is 1. The Kier molecular flexibility index (Phi) is 5.47. The lowest BCUT2D eigenvalue weighted by Crippen LogP contribution is -2.36. The van der Waals surface area contributed by atoms with E-state index in [4.69, 9.17) is 4.74 Å². The zero-order valence-corrected chi connectivity index (χ0v) is 18.7. The van der Waals surface area contributed by atoms with Crippen LogP contribution in [0.15, 0.2) is 65.7 Å². The molecule has 5 rings (SSSR count). The molecule has 0 saturated carbocycles. The van der Waals surface area contributed by atoms with E-state index >= 15 is 0 Å². The van der Waals surface area contributed by atoms with Crippen molar-refractivity contribution in [3.8, 4) is 11.3 Å². The highest BCUT2D eigenvalue weighted by Crippen LogP contribution is 2.27. The Morgan fingerprint density at radius 3 is 2.64 bits per heavy atom. The van der Waals surface area contributed by atoms with Gasteiger partial charge in [0.05, 0.1) is 30.6 Å². The first-order valence-corrected chi connectivity index (χ1v) is 12.3. The Morgan fingerprint density at radius 2 is 1.88 bits per heavy atom. The minimum Gasteiger partial charge on any atom is -0.378 e. The Balaban J connectivity index is 1.45. The van der Waals surface area contributed by atoms with Gasteiger partial charge in [-0.15, -0.1) is 5.10 Å². The van der Waals surface area contributed by atoms with Crippen LogP contribution >= 0.6 is 0 Å². The second kappa shape index (κ2) is 8.45. The van der Waals surface area contributed by atoms with Crippen LogP contribution in [-0.2, 0) is 14.6 Å². The van der Waals surface area contributed by atoms with Crippen molar-refractivity contribution in [1.82, 2.24) is 14.6 Å². The molecule has 0 spiro atoms. The normalized spacial score (nSPS) is 14.5. The molecule has 0 unspecified atom stereocenters. The highest BCUT2D eigenvalue weighted by Gasteiger charge is 2.16. The summed E-state index contributed by atoms with van der Waals surface area (Å²) in [5.74, 6) is -0.412. The number of halogens is 1. The molecular formula is C23H22FN5O3S. The van der Waals surface area contributed by atoms with Gasteiger partial charge in [-0.3, -0.25) is 0 Å². The van der Waals surface area contributed by atoms with Gasteiger partial charge in [0.15, 0.2) is 9.84 Å².